The van der Waals surface area contributed by atoms with Gasteiger partial charge in [-0.05, 0) is 36.7 Å². The summed E-state index contributed by atoms with van der Waals surface area (Å²) in [7, 11) is 1.60. The number of benzene rings is 2. The van der Waals surface area contributed by atoms with Crippen molar-refractivity contribution in [1.29, 1.82) is 0 Å². The summed E-state index contributed by atoms with van der Waals surface area (Å²) in [6.07, 6.45) is 1.03. The van der Waals surface area contributed by atoms with Crippen molar-refractivity contribution in [2.45, 2.75) is 19.9 Å². The Kier molecular flexibility index (Phi) is 5.28. The van der Waals surface area contributed by atoms with E-state index in [4.69, 9.17) is 4.74 Å². The van der Waals surface area contributed by atoms with E-state index in [2.05, 4.69) is 12.2 Å². The third kappa shape index (κ3) is 3.58. The Labute approximate surface area is 123 Å². The van der Waals surface area contributed by atoms with Crippen molar-refractivity contribution in [2.24, 2.45) is 0 Å². The van der Waals surface area contributed by atoms with Gasteiger partial charge in [0.25, 0.3) is 0 Å². The molecule has 1 N–H and O–H groups in total. The van der Waals surface area contributed by atoms with Gasteiger partial charge in [0.15, 0.2) is 11.6 Å². The molecule has 0 fully saturated rings. The van der Waals surface area contributed by atoms with Gasteiger partial charge >= 0.3 is 0 Å². The monoisotopic (exact) mass is 291 g/mol. The summed E-state index contributed by atoms with van der Waals surface area (Å²) < 4.78 is 32.5. The van der Waals surface area contributed by atoms with Crippen LogP contribution in [0.5, 0.6) is 5.75 Å². The minimum atomic E-state index is -0.839. The number of rotatable bonds is 6. The summed E-state index contributed by atoms with van der Waals surface area (Å²) in [6.45, 7) is 3.60. The van der Waals surface area contributed by atoms with Crippen molar-refractivity contribution >= 4 is 0 Å². The largest absolute Gasteiger partial charge is 0.496 e. The lowest BCUT2D eigenvalue weighted by Crippen LogP contribution is -2.14. The average Bonchev–Trinajstić information content (AvgIpc) is 2.50. The van der Waals surface area contributed by atoms with Crippen LogP contribution in [0.3, 0.4) is 0 Å². The van der Waals surface area contributed by atoms with E-state index in [-0.39, 0.29) is 5.56 Å². The van der Waals surface area contributed by atoms with E-state index in [0.717, 1.165) is 30.3 Å². The van der Waals surface area contributed by atoms with Crippen LogP contribution in [0.4, 0.5) is 8.78 Å². The molecular formula is C17H19F2NO. The van der Waals surface area contributed by atoms with Gasteiger partial charge in [0, 0.05) is 17.7 Å². The zero-order valence-corrected chi connectivity index (χ0v) is 12.2. The minimum absolute atomic E-state index is 0.259. The second-order valence-electron chi connectivity index (χ2n) is 4.80. The molecule has 0 aliphatic rings. The first-order valence-corrected chi connectivity index (χ1v) is 6.99. The molecule has 0 bridgehead atoms. The normalized spacial score (nSPS) is 10.7. The molecule has 0 unspecified atom stereocenters. The molecule has 0 saturated heterocycles. The van der Waals surface area contributed by atoms with E-state index in [9.17, 15) is 8.78 Å². The molecule has 0 heterocycles. The minimum Gasteiger partial charge on any atom is -0.496 e. The Bertz CT molecular complexity index is 614. The van der Waals surface area contributed by atoms with Crippen LogP contribution in [-0.2, 0) is 6.54 Å². The Balaban J connectivity index is 2.36. The van der Waals surface area contributed by atoms with Gasteiger partial charge in [0.05, 0.1) is 7.11 Å². The predicted octanol–water partition coefficient (Wildman–Crippen LogP) is 4.14. The lowest BCUT2D eigenvalue weighted by molar-refractivity contribution is 0.408. The van der Waals surface area contributed by atoms with Crippen molar-refractivity contribution in [1.82, 2.24) is 5.32 Å². The van der Waals surface area contributed by atoms with Gasteiger partial charge in [-0.3, -0.25) is 0 Å². The van der Waals surface area contributed by atoms with E-state index in [0.29, 0.717) is 12.1 Å². The van der Waals surface area contributed by atoms with Gasteiger partial charge in [-0.2, -0.15) is 0 Å². The highest BCUT2D eigenvalue weighted by atomic mass is 19.2. The van der Waals surface area contributed by atoms with Gasteiger partial charge in [0.2, 0.25) is 0 Å². The summed E-state index contributed by atoms with van der Waals surface area (Å²) in [5, 5.41) is 3.28. The van der Waals surface area contributed by atoms with Crippen LogP contribution in [0.1, 0.15) is 18.9 Å². The highest BCUT2D eigenvalue weighted by Gasteiger charge is 2.12. The summed E-state index contributed by atoms with van der Waals surface area (Å²) >= 11 is 0. The molecule has 2 aromatic carbocycles. The zero-order valence-electron chi connectivity index (χ0n) is 12.2. The van der Waals surface area contributed by atoms with Crippen molar-refractivity contribution in [3.8, 4) is 16.9 Å². The summed E-state index contributed by atoms with van der Waals surface area (Å²) in [5.74, 6) is -0.928. The van der Waals surface area contributed by atoms with Crippen LogP contribution in [0, 0.1) is 11.6 Å². The maximum absolute atomic E-state index is 13.9. The molecule has 0 radical (unpaired) electrons. The van der Waals surface area contributed by atoms with Crippen molar-refractivity contribution in [3.05, 3.63) is 53.6 Å². The second-order valence-corrected chi connectivity index (χ2v) is 4.80. The van der Waals surface area contributed by atoms with E-state index >= 15 is 0 Å². The molecule has 2 nitrogen and oxygen atoms in total. The quantitative estimate of drug-likeness (QED) is 0.808. The molecule has 112 valence electrons. The van der Waals surface area contributed by atoms with E-state index < -0.39 is 11.6 Å². The van der Waals surface area contributed by atoms with E-state index in [1.165, 1.54) is 6.07 Å². The van der Waals surface area contributed by atoms with Gasteiger partial charge < -0.3 is 10.1 Å². The van der Waals surface area contributed by atoms with Crippen LogP contribution in [-0.4, -0.2) is 13.7 Å². The van der Waals surface area contributed by atoms with E-state index in [1.54, 1.807) is 25.3 Å². The van der Waals surface area contributed by atoms with Gasteiger partial charge in [0.1, 0.15) is 5.75 Å². The molecule has 0 amide bonds. The topological polar surface area (TPSA) is 21.3 Å². The average molecular weight is 291 g/mol. The molecule has 21 heavy (non-hydrogen) atoms. The fourth-order valence-corrected chi connectivity index (χ4v) is 2.21. The number of halogens is 2. The SMILES string of the molecule is CCCNCc1cc(-c2cccc(F)c2F)ccc1OC. The summed E-state index contributed by atoms with van der Waals surface area (Å²) in [4.78, 5) is 0. The molecule has 4 heteroatoms. The highest BCUT2D eigenvalue weighted by Crippen LogP contribution is 2.29. The Morgan fingerprint density at radius 2 is 1.95 bits per heavy atom. The number of nitrogens with one attached hydrogen (secondary N) is 1. The zero-order chi connectivity index (χ0) is 15.2. The molecule has 0 aliphatic carbocycles. The molecule has 0 spiro atoms. The first kappa shape index (κ1) is 15.4. The molecule has 0 atom stereocenters. The maximum atomic E-state index is 13.9. The molecule has 0 saturated carbocycles. The van der Waals surface area contributed by atoms with Crippen molar-refractivity contribution < 1.29 is 13.5 Å². The van der Waals surface area contributed by atoms with Crippen LogP contribution in [0.2, 0.25) is 0 Å². The fourth-order valence-electron chi connectivity index (χ4n) is 2.21. The van der Waals surface area contributed by atoms with Gasteiger partial charge in [-0.1, -0.05) is 25.1 Å². The molecule has 0 aliphatic heterocycles. The number of methoxy groups -OCH3 is 1. The lowest BCUT2D eigenvalue weighted by Gasteiger charge is -2.12. The second kappa shape index (κ2) is 7.18. The summed E-state index contributed by atoms with van der Waals surface area (Å²) in [6, 6.07) is 9.55. The van der Waals surface area contributed by atoms with Gasteiger partial charge in [-0.15, -0.1) is 0 Å². The third-order valence-corrected chi connectivity index (χ3v) is 3.29. The number of hydrogen-bond donors (Lipinski definition) is 1. The predicted molar refractivity (Wildman–Crippen MR) is 80.3 cm³/mol. The summed E-state index contributed by atoms with van der Waals surface area (Å²) in [5.41, 5.74) is 1.82. The molecule has 2 aromatic rings. The van der Waals surface area contributed by atoms with Crippen LogP contribution in [0.25, 0.3) is 11.1 Å². The van der Waals surface area contributed by atoms with Crippen LogP contribution < -0.4 is 10.1 Å². The van der Waals surface area contributed by atoms with Crippen molar-refractivity contribution in [3.63, 3.8) is 0 Å². The fraction of sp³-hybridized carbons (Fsp3) is 0.294. The van der Waals surface area contributed by atoms with Crippen molar-refractivity contribution in [2.75, 3.05) is 13.7 Å². The first-order chi connectivity index (χ1) is 10.2. The molecule has 2 rings (SSSR count). The molecule has 0 aromatic heterocycles. The number of ether oxygens (including phenoxy) is 1. The Hall–Kier alpha value is -1.94. The maximum Gasteiger partial charge on any atom is 0.166 e. The van der Waals surface area contributed by atoms with Gasteiger partial charge in [-0.25, -0.2) is 8.78 Å². The van der Waals surface area contributed by atoms with Crippen LogP contribution >= 0.6 is 0 Å². The standard InChI is InChI=1S/C17H19F2NO/c1-3-9-20-11-13-10-12(7-8-16(13)21-2)14-5-4-6-15(18)17(14)19/h4-8,10,20H,3,9,11H2,1-2H3. The molecular weight excluding hydrogens is 272 g/mol. The lowest BCUT2D eigenvalue weighted by atomic mass is 10.0. The van der Waals surface area contributed by atoms with Crippen LogP contribution in [0.15, 0.2) is 36.4 Å². The number of hydrogen-bond acceptors (Lipinski definition) is 2. The Morgan fingerprint density at radius 1 is 1.14 bits per heavy atom. The Morgan fingerprint density at radius 3 is 2.67 bits per heavy atom. The highest BCUT2D eigenvalue weighted by molar-refractivity contribution is 5.66. The smallest absolute Gasteiger partial charge is 0.166 e. The third-order valence-electron chi connectivity index (χ3n) is 3.29. The van der Waals surface area contributed by atoms with E-state index in [1.807, 2.05) is 6.07 Å². The first-order valence-electron chi connectivity index (χ1n) is 6.99.